The highest BCUT2D eigenvalue weighted by Crippen LogP contribution is 2.20. The largest absolute Gasteiger partial charge is 0.379 e. The van der Waals surface area contributed by atoms with Crippen molar-refractivity contribution in [1.29, 1.82) is 0 Å². The van der Waals surface area contributed by atoms with E-state index in [0.717, 1.165) is 18.7 Å². The van der Waals surface area contributed by atoms with Crippen molar-refractivity contribution in [1.82, 2.24) is 20.1 Å². The van der Waals surface area contributed by atoms with E-state index in [4.69, 9.17) is 4.74 Å². The van der Waals surface area contributed by atoms with Crippen LogP contribution < -0.4 is 5.32 Å². The van der Waals surface area contributed by atoms with Crippen molar-refractivity contribution in [3.05, 3.63) is 30.1 Å². The molecule has 138 valence electrons. The van der Waals surface area contributed by atoms with Crippen molar-refractivity contribution in [3.63, 3.8) is 0 Å². The quantitative estimate of drug-likeness (QED) is 0.798. The molecule has 2 aliphatic rings. The van der Waals surface area contributed by atoms with Crippen LogP contribution in [0.25, 0.3) is 0 Å². The van der Waals surface area contributed by atoms with Gasteiger partial charge in [0.05, 0.1) is 30.8 Å². The SMILES string of the molecule is O=C(NCC(c1cccnc1)N1CCOCC1)N1CCS(=O)(=O)CC1. The highest BCUT2D eigenvalue weighted by Gasteiger charge is 2.27. The second kappa shape index (κ2) is 8.11. The Morgan fingerprint density at radius 2 is 1.96 bits per heavy atom. The Bertz CT molecular complexity index is 663. The summed E-state index contributed by atoms with van der Waals surface area (Å²) in [5, 5.41) is 2.96. The number of ether oxygens (including phenoxy) is 1. The van der Waals surface area contributed by atoms with Crippen molar-refractivity contribution in [2.24, 2.45) is 0 Å². The van der Waals surface area contributed by atoms with Crippen molar-refractivity contribution in [2.75, 3.05) is 57.4 Å². The molecule has 0 saturated carbocycles. The van der Waals surface area contributed by atoms with Crippen LogP contribution in [0, 0.1) is 0 Å². The van der Waals surface area contributed by atoms with Gasteiger partial charge >= 0.3 is 6.03 Å². The van der Waals surface area contributed by atoms with Gasteiger partial charge in [-0.1, -0.05) is 6.07 Å². The number of carbonyl (C=O) groups excluding carboxylic acids is 1. The van der Waals surface area contributed by atoms with Crippen molar-refractivity contribution < 1.29 is 17.9 Å². The van der Waals surface area contributed by atoms with E-state index in [-0.39, 0.29) is 36.7 Å². The van der Waals surface area contributed by atoms with Gasteiger partial charge in [-0.25, -0.2) is 13.2 Å². The van der Waals surface area contributed by atoms with E-state index in [1.807, 2.05) is 18.3 Å². The summed E-state index contributed by atoms with van der Waals surface area (Å²) in [6.45, 7) is 3.92. The van der Waals surface area contributed by atoms with Crippen LogP contribution in [0.5, 0.6) is 0 Å². The molecule has 9 heteroatoms. The Labute approximate surface area is 148 Å². The third-order valence-corrected chi connectivity index (χ3v) is 6.24. The molecule has 1 atom stereocenters. The number of hydrogen-bond donors (Lipinski definition) is 1. The number of nitrogens with zero attached hydrogens (tertiary/aromatic N) is 3. The molecule has 0 radical (unpaired) electrons. The van der Waals surface area contributed by atoms with Crippen molar-refractivity contribution in [2.45, 2.75) is 6.04 Å². The Morgan fingerprint density at radius 1 is 1.24 bits per heavy atom. The molecule has 2 fully saturated rings. The number of urea groups is 1. The Hall–Kier alpha value is -1.71. The fourth-order valence-electron chi connectivity index (χ4n) is 3.13. The average Bonchev–Trinajstić information content (AvgIpc) is 2.63. The smallest absolute Gasteiger partial charge is 0.317 e. The molecule has 8 nitrogen and oxygen atoms in total. The van der Waals surface area contributed by atoms with Gasteiger partial charge in [-0.05, 0) is 11.6 Å². The lowest BCUT2D eigenvalue weighted by atomic mass is 10.1. The van der Waals surface area contributed by atoms with Crippen LogP contribution in [0.1, 0.15) is 11.6 Å². The van der Waals surface area contributed by atoms with Gasteiger partial charge in [0.1, 0.15) is 0 Å². The molecule has 0 spiro atoms. The van der Waals surface area contributed by atoms with E-state index in [1.165, 1.54) is 0 Å². The van der Waals surface area contributed by atoms with E-state index in [1.54, 1.807) is 11.1 Å². The van der Waals surface area contributed by atoms with Crippen LogP contribution in [-0.4, -0.2) is 86.7 Å². The minimum Gasteiger partial charge on any atom is -0.379 e. The number of aromatic nitrogens is 1. The molecule has 3 rings (SSSR count). The standard InChI is InChI=1S/C16H24N4O4S/c21-16(20-6-10-25(22,23)11-7-20)18-13-15(14-2-1-3-17-12-14)19-4-8-24-9-5-19/h1-3,12,15H,4-11,13H2,(H,18,21). The van der Waals surface area contributed by atoms with Gasteiger partial charge in [0.2, 0.25) is 0 Å². The predicted molar refractivity (Wildman–Crippen MR) is 93.0 cm³/mol. The van der Waals surface area contributed by atoms with Gasteiger partial charge in [0.25, 0.3) is 0 Å². The van der Waals surface area contributed by atoms with E-state index >= 15 is 0 Å². The molecule has 25 heavy (non-hydrogen) atoms. The Morgan fingerprint density at radius 3 is 2.60 bits per heavy atom. The van der Waals surface area contributed by atoms with Crippen LogP contribution in [0.2, 0.25) is 0 Å². The normalized spacial score (nSPS) is 22.3. The van der Waals surface area contributed by atoms with E-state index in [0.29, 0.717) is 19.8 Å². The topological polar surface area (TPSA) is 91.8 Å². The molecule has 2 saturated heterocycles. The van der Waals surface area contributed by atoms with Crippen LogP contribution in [0.15, 0.2) is 24.5 Å². The zero-order chi connectivity index (χ0) is 17.7. The summed E-state index contributed by atoms with van der Waals surface area (Å²) in [7, 11) is -2.99. The van der Waals surface area contributed by atoms with Gasteiger partial charge in [-0.2, -0.15) is 0 Å². The molecule has 3 heterocycles. The minimum atomic E-state index is -2.99. The average molecular weight is 368 g/mol. The predicted octanol–water partition coefficient (Wildman–Crippen LogP) is -0.105. The maximum atomic E-state index is 12.4. The van der Waals surface area contributed by atoms with Crippen LogP contribution in [-0.2, 0) is 14.6 Å². The number of pyridine rings is 1. The third kappa shape index (κ3) is 4.90. The molecule has 0 aliphatic carbocycles. The summed E-state index contributed by atoms with van der Waals surface area (Å²) >= 11 is 0. The van der Waals surface area contributed by atoms with Gasteiger partial charge in [0, 0.05) is 45.1 Å². The molecule has 0 bridgehead atoms. The van der Waals surface area contributed by atoms with Crippen LogP contribution in [0.3, 0.4) is 0 Å². The molecule has 2 amide bonds. The Kier molecular flexibility index (Phi) is 5.87. The highest BCUT2D eigenvalue weighted by molar-refractivity contribution is 7.91. The summed E-state index contributed by atoms with van der Waals surface area (Å²) < 4.78 is 28.4. The van der Waals surface area contributed by atoms with E-state index < -0.39 is 9.84 Å². The number of morpholine rings is 1. The summed E-state index contributed by atoms with van der Waals surface area (Å²) in [4.78, 5) is 20.4. The van der Waals surface area contributed by atoms with Gasteiger partial charge < -0.3 is 15.0 Å². The first-order valence-electron chi connectivity index (χ1n) is 8.50. The summed E-state index contributed by atoms with van der Waals surface area (Å²) in [5.74, 6) is 0.0752. The first-order chi connectivity index (χ1) is 12.1. The molecule has 1 N–H and O–H groups in total. The summed E-state index contributed by atoms with van der Waals surface area (Å²) in [6.07, 6.45) is 3.55. The lowest BCUT2D eigenvalue weighted by Crippen LogP contribution is -2.50. The van der Waals surface area contributed by atoms with Gasteiger partial charge in [-0.3, -0.25) is 9.88 Å². The zero-order valence-electron chi connectivity index (χ0n) is 14.1. The Balaban J connectivity index is 1.61. The number of rotatable bonds is 4. The maximum Gasteiger partial charge on any atom is 0.317 e. The number of nitrogens with one attached hydrogen (secondary N) is 1. The first kappa shape index (κ1) is 18.1. The molecule has 1 aromatic heterocycles. The fourth-order valence-corrected chi connectivity index (χ4v) is 4.33. The fraction of sp³-hybridized carbons (Fsp3) is 0.625. The zero-order valence-corrected chi connectivity index (χ0v) is 15.0. The second-order valence-corrected chi connectivity index (χ2v) is 8.58. The van der Waals surface area contributed by atoms with Crippen LogP contribution >= 0.6 is 0 Å². The minimum absolute atomic E-state index is 0.0232. The summed E-state index contributed by atoms with van der Waals surface area (Å²) in [6, 6.07) is 3.71. The monoisotopic (exact) mass is 368 g/mol. The second-order valence-electron chi connectivity index (χ2n) is 6.28. The van der Waals surface area contributed by atoms with Crippen LogP contribution in [0.4, 0.5) is 4.79 Å². The summed E-state index contributed by atoms with van der Waals surface area (Å²) in [5.41, 5.74) is 1.05. The highest BCUT2D eigenvalue weighted by atomic mass is 32.2. The van der Waals surface area contributed by atoms with Crippen molar-refractivity contribution >= 4 is 15.9 Å². The molecular weight excluding hydrogens is 344 g/mol. The molecule has 1 unspecified atom stereocenters. The van der Waals surface area contributed by atoms with E-state index in [2.05, 4.69) is 15.2 Å². The molecular formula is C16H24N4O4S. The number of sulfone groups is 1. The number of hydrogen-bond acceptors (Lipinski definition) is 6. The number of carbonyl (C=O) groups is 1. The lowest BCUT2D eigenvalue weighted by molar-refractivity contribution is 0.0164. The maximum absolute atomic E-state index is 12.4. The molecule has 2 aliphatic heterocycles. The van der Waals surface area contributed by atoms with Gasteiger partial charge in [0.15, 0.2) is 9.84 Å². The van der Waals surface area contributed by atoms with Gasteiger partial charge in [-0.15, -0.1) is 0 Å². The third-order valence-electron chi connectivity index (χ3n) is 4.63. The lowest BCUT2D eigenvalue weighted by Gasteiger charge is -2.35. The number of amides is 2. The molecule has 0 aromatic carbocycles. The van der Waals surface area contributed by atoms with E-state index in [9.17, 15) is 13.2 Å². The van der Waals surface area contributed by atoms with Crippen molar-refractivity contribution in [3.8, 4) is 0 Å². The molecule has 1 aromatic rings. The first-order valence-corrected chi connectivity index (χ1v) is 10.3.